The molecule has 0 bridgehead atoms. The Morgan fingerprint density at radius 1 is 1.15 bits per heavy atom. The summed E-state index contributed by atoms with van der Waals surface area (Å²) in [5, 5.41) is 0. The normalized spacial score (nSPS) is 9.95. The van der Waals surface area contributed by atoms with Gasteiger partial charge in [-0.25, -0.2) is 4.79 Å². The highest BCUT2D eigenvalue weighted by Gasteiger charge is 2.20. The molecule has 1 aromatic rings. The van der Waals surface area contributed by atoms with Crippen LogP contribution < -0.4 is 0 Å². The van der Waals surface area contributed by atoms with Gasteiger partial charge in [0.05, 0.1) is 6.61 Å². The second-order valence-electron chi connectivity index (χ2n) is 4.44. The van der Waals surface area contributed by atoms with Crippen molar-refractivity contribution < 1.29 is 14.3 Å². The van der Waals surface area contributed by atoms with E-state index in [4.69, 9.17) is 4.74 Å². The minimum atomic E-state index is -0.388. The van der Waals surface area contributed by atoms with E-state index in [-0.39, 0.29) is 18.5 Å². The first-order chi connectivity index (χ1) is 9.58. The van der Waals surface area contributed by atoms with Crippen molar-refractivity contribution in [2.24, 2.45) is 0 Å². The van der Waals surface area contributed by atoms with Crippen LogP contribution in [0, 0.1) is 0 Å². The second-order valence-corrected chi connectivity index (χ2v) is 4.44. The van der Waals surface area contributed by atoms with Crippen LogP contribution in [-0.2, 0) is 16.1 Å². The molecule has 0 aliphatic carbocycles. The van der Waals surface area contributed by atoms with Gasteiger partial charge >= 0.3 is 12.0 Å². The summed E-state index contributed by atoms with van der Waals surface area (Å²) in [5.74, 6) is -0.388. The summed E-state index contributed by atoms with van der Waals surface area (Å²) in [4.78, 5) is 27.0. The Bertz CT molecular complexity index is 434. The van der Waals surface area contributed by atoms with Crippen LogP contribution in [0.5, 0.6) is 0 Å². The predicted octanol–water partition coefficient (Wildman–Crippen LogP) is 2.12. The zero-order valence-corrected chi connectivity index (χ0v) is 12.3. The van der Waals surface area contributed by atoms with Crippen molar-refractivity contribution in [3.63, 3.8) is 0 Å². The average Bonchev–Trinajstić information content (AvgIpc) is 2.46. The van der Waals surface area contributed by atoms with Gasteiger partial charge < -0.3 is 14.5 Å². The number of esters is 1. The molecule has 5 nitrogen and oxygen atoms in total. The van der Waals surface area contributed by atoms with Crippen molar-refractivity contribution in [2.75, 3.05) is 26.7 Å². The number of benzene rings is 1. The third-order valence-electron chi connectivity index (χ3n) is 2.91. The lowest BCUT2D eigenvalue weighted by atomic mass is 10.2. The number of hydrogen-bond donors (Lipinski definition) is 0. The number of carbonyl (C=O) groups is 2. The van der Waals surface area contributed by atoms with Crippen LogP contribution >= 0.6 is 0 Å². The Morgan fingerprint density at radius 2 is 1.80 bits per heavy atom. The summed E-state index contributed by atoms with van der Waals surface area (Å²) >= 11 is 0. The molecule has 0 unspecified atom stereocenters. The monoisotopic (exact) mass is 278 g/mol. The molecule has 0 saturated carbocycles. The Balaban J connectivity index is 2.78. The lowest BCUT2D eigenvalue weighted by Crippen LogP contribution is -2.43. The maximum absolute atomic E-state index is 12.3. The zero-order chi connectivity index (χ0) is 15.0. The van der Waals surface area contributed by atoms with Crippen LogP contribution in [0.4, 0.5) is 4.79 Å². The van der Waals surface area contributed by atoms with Gasteiger partial charge in [0.25, 0.3) is 0 Å². The fourth-order valence-electron chi connectivity index (χ4n) is 1.73. The molecule has 0 aliphatic heterocycles. The Hall–Kier alpha value is -2.04. The number of carbonyl (C=O) groups excluding carboxylic acids is 2. The number of urea groups is 1. The maximum atomic E-state index is 12.3. The highest BCUT2D eigenvalue weighted by atomic mass is 16.5. The van der Waals surface area contributed by atoms with Gasteiger partial charge in [-0.1, -0.05) is 30.3 Å². The van der Waals surface area contributed by atoms with E-state index in [1.807, 2.05) is 37.3 Å². The van der Waals surface area contributed by atoms with Crippen LogP contribution in [0.2, 0.25) is 0 Å². The highest BCUT2D eigenvalue weighted by Crippen LogP contribution is 2.07. The smallest absolute Gasteiger partial charge is 0.325 e. The summed E-state index contributed by atoms with van der Waals surface area (Å²) in [6, 6.07) is 9.41. The van der Waals surface area contributed by atoms with Crippen molar-refractivity contribution in [3.8, 4) is 0 Å². The Labute approximate surface area is 120 Å². The summed E-state index contributed by atoms with van der Waals surface area (Å²) in [5.41, 5.74) is 0.981. The standard InChI is InChI=1S/C15H22N2O3/c1-4-16(3)15(19)17(12-14(18)20-5-2)11-13-9-7-6-8-10-13/h6-10H,4-5,11-12H2,1-3H3. The molecule has 0 heterocycles. The quantitative estimate of drug-likeness (QED) is 0.749. The second kappa shape index (κ2) is 8.19. The van der Waals surface area contributed by atoms with E-state index in [2.05, 4.69) is 0 Å². The predicted molar refractivity (Wildman–Crippen MR) is 77.2 cm³/mol. The molecule has 0 fully saturated rings. The third kappa shape index (κ3) is 4.91. The fraction of sp³-hybridized carbons (Fsp3) is 0.467. The summed E-state index contributed by atoms with van der Waals surface area (Å²) in [6.45, 7) is 4.90. The van der Waals surface area contributed by atoms with Gasteiger partial charge in [-0.2, -0.15) is 0 Å². The molecule has 110 valence electrons. The molecule has 1 rings (SSSR count). The minimum absolute atomic E-state index is 0.0358. The van der Waals surface area contributed by atoms with E-state index in [1.165, 1.54) is 4.90 Å². The molecule has 0 aliphatic rings. The van der Waals surface area contributed by atoms with Crippen molar-refractivity contribution in [2.45, 2.75) is 20.4 Å². The van der Waals surface area contributed by atoms with E-state index >= 15 is 0 Å². The summed E-state index contributed by atoms with van der Waals surface area (Å²) in [7, 11) is 1.71. The number of ether oxygens (including phenoxy) is 1. The fourth-order valence-corrected chi connectivity index (χ4v) is 1.73. The molecule has 0 N–H and O–H groups in total. The Morgan fingerprint density at radius 3 is 2.35 bits per heavy atom. The van der Waals surface area contributed by atoms with E-state index < -0.39 is 0 Å². The van der Waals surface area contributed by atoms with Gasteiger partial charge in [0.15, 0.2) is 0 Å². The molecule has 0 spiro atoms. The van der Waals surface area contributed by atoms with Gasteiger partial charge in [-0.05, 0) is 19.4 Å². The molecular formula is C15H22N2O3. The van der Waals surface area contributed by atoms with E-state index in [0.717, 1.165) is 5.56 Å². The first-order valence-corrected chi connectivity index (χ1v) is 6.78. The molecule has 20 heavy (non-hydrogen) atoms. The summed E-state index contributed by atoms with van der Waals surface area (Å²) in [6.07, 6.45) is 0. The molecule has 1 aromatic carbocycles. The number of rotatable bonds is 6. The highest BCUT2D eigenvalue weighted by molar-refractivity contribution is 5.80. The van der Waals surface area contributed by atoms with E-state index in [1.54, 1.807) is 18.9 Å². The number of hydrogen-bond acceptors (Lipinski definition) is 3. The SMILES string of the molecule is CCOC(=O)CN(Cc1ccccc1)C(=O)N(C)CC. The average molecular weight is 278 g/mol. The lowest BCUT2D eigenvalue weighted by molar-refractivity contribution is -0.143. The van der Waals surface area contributed by atoms with E-state index in [0.29, 0.717) is 19.7 Å². The van der Waals surface area contributed by atoms with Crippen molar-refractivity contribution >= 4 is 12.0 Å². The van der Waals surface area contributed by atoms with E-state index in [9.17, 15) is 9.59 Å². The van der Waals surface area contributed by atoms with Gasteiger partial charge in [0, 0.05) is 20.1 Å². The lowest BCUT2D eigenvalue weighted by Gasteiger charge is -2.26. The van der Waals surface area contributed by atoms with Crippen LogP contribution in [-0.4, -0.2) is 48.5 Å². The molecular weight excluding hydrogens is 256 g/mol. The molecule has 2 amide bonds. The number of amides is 2. The topological polar surface area (TPSA) is 49.9 Å². The first-order valence-electron chi connectivity index (χ1n) is 6.78. The maximum Gasteiger partial charge on any atom is 0.325 e. The van der Waals surface area contributed by atoms with Gasteiger partial charge in [-0.3, -0.25) is 4.79 Å². The zero-order valence-electron chi connectivity index (χ0n) is 12.3. The van der Waals surface area contributed by atoms with Gasteiger partial charge in [0.2, 0.25) is 0 Å². The van der Waals surface area contributed by atoms with Crippen molar-refractivity contribution in [1.82, 2.24) is 9.80 Å². The molecule has 5 heteroatoms. The van der Waals surface area contributed by atoms with Crippen LogP contribution in [0.25, 0.3) is 0 Å². The Kier molecular flexibility index (Phi) is 6.56. The molecule has 0 radical (unpaired) electrons. The van der Waals surface area contributed by atoms with Gasteiger partial charge in [0.1, 0.15) is 6.54 Å². The van der Waals surface area contributed by atoms with Crippen LogP contribution in [0.3, 0.4) is 0 Å². The van der Waals surface area contributed by atoms with Crippen molar-refractivity contribution in [1.29, 1.82) is 0 Å². The molecule has 0 saturated heterocycles. The van der Waals surface area contributed by atoms with Crippen LogP contribution in [0.15, 0.2) is 30.3 Å². The molecule has 0 aromatic heterocycles. The minimum Gasteiger partial charge on any atom is -0.465 e. The first kappa shape index (κ1) is 16.0. The largest absolute Gasteiger partial charge is 0.465 e. The van der Waals surface area contributed by atoms with Crippen molar-refractivity contribution in [3.05, 3.63) is 35.9 Å². The summed E-state index contributed by atoms with van der Waals surface area (Å²) < 4.78 is 4.92. The number of nitrogens with zero attached hydrogens (tertiary/aromatic N) is 2. The van der Waals surface area contributed by atoms with Crippen LogP contribution in [0.1, 0.15) is 19.4 Å². The van der Waals surface area contributed by atoms with Gasteiger partial charge in [-0.15, -0.1) is 0 Å². The molecule has 0 atom stereocenters. The third-order valence-corrected chi connectivity index (χ3v) is 2.91.